The number of nitro benzene ring substituents is 2. The number of carbonyl (C=O) groups is 3. The average molecular weight is 462 g/mol. The molecule has 11 heteroatoms. The third-order valence-corrected chi connectivity index (χ3v) is 6.76. The molecule has 3 aliphatic rings. The maximum absolute atomic E-state index is 13.6. The van der Waals surface area contributed by atoms with E-state index in [4.69, 9.17) is 0 Å². The summed E-state index contributed by atoms with van der Waals surface area (Å²) >= 11 is 0. The Kier molecular flexibility index (Phi) is 4.96. The molecule has 11 nitrogen and oxygen atoms in total. The Hall–Kier alpha value is -4.41. The van der Waals surface area contributed by atoms with Crippen molar-refractivity contribution in [3.8, 4) is 0 Å². The summed E-state index contributed by atoms with van der Waals surface area (Å²) < 4.78 is 0. The van der Waals surface area contributed by atoms with Crippen molar-refractivity contribution in [2.75, 3.05) is 0 Å². The van der Waals surface area contributed by atoms with Gasteiger partial charge in [0.15, 0.2) is 0 Å². The predicted molar refractivity (Wildman–Crippen MR) is 116 cm³/mol. The van der Waals surface area contributed by atoms with Crippen LogP contribution in [0.2, 0.25) is 0 Å². The normalized spacial score (nSPS) is 24.4. The minimum Gasteiger partial charge on any atom is -0.272 e. The van der Waals surface area contributed by atoms with Crippen LogP contribution in [0.3, 0.4) is 0 Å². The molecule has 0 spiro atoms. The lowest BCUT2D eigenvalue weighted by molar-refractivity contribution is -0.385. The SMILES string of the molecule is O=C(c1ccccc1[N+](=O)[O-])N(Cc1ccccc1[N+](=O)[O-])N1C(=O)[C@@H]2[C@H](C1=O)[C@H]1C=C[C@H]2C1. The van der Waals surface area contributed by atoms with Crippen LogP contribution in [0, 0.1) is 43.9 Å². The van der Waals surface area contributed by atoms with E-state index >= 15 is 0 Å². The van der Waals surface area contributed by atoms with Crippen LogP contribution in [0.25, 0.3) is 0 Å². The molecule has 3 amide bonds. The first-order valence-electron chi connectivity index (χ1n) is 10.6. The number of nitrogens with zero attached hydrogens (tertiary/aromatic N) is 4. The fraction of sp³-hybridized carbons (Fsp3) is 0.261. The van der Waals surface area contributed by atoms with Gasteiger partial charge in [-0.3, -0.25) is 34.6 Å². The number of amides is 3. The third kappa shape index (κ3) is 3.16. The van der Waals surface area contributed by atoms with Gasteiger partial charge in [0, 0.05) is 12.1 Å². The predicted octanol–water partition coefficient (Wildman–Crippen LogP) is 2.87. The van der Waals surface area contributed by atoms with E-state index in [1.807, 2.05) is 12.2 Å². The monoisotopic (exact) mass is 462 g/mol. The Morgan fingerprint density at radius 2 is 1.41 bits per heavy atom. The number of hydrogen-bond acceptors (Lipinski definition) is 7. The van der Waals surface area contributed by atoms with Gasteiger partial charge in [-0.25, -0.2) is 5.01 Å². The smallest absolute Gasteiger partial charge is 0.272 e. The number of rotatable bonds is 6. The first-order valence-corrected chi connectivity index (χ1v) is 10.6. The Balaban J connectivity index is 1.60. The molecule has 34 heavy (non-hydrogen) atoms. The number of hydrogen-bond donors (Lipinski definition) is 0. The maximum Gasteiger partial charge on any atom is 0.282 e. The molecule has 5 rings (SSSR count). The van der Waals surface area contributed by atoms with Crippen molar-refractivity contribution in [3.05, 3.63) is 92.0 Å². The van der Waals surface area contributed by atoms with Gasteiger partial charge < -0.3 is 0 Å². The Bertz CT molecular complexity index is 1260. The van der Waals surface area contributed by atoms with E-state index in [0.717, 1.165) is 16.1 Å². The Morgan fingerprint density at radius 3 is 2.00 bits per heavy atom. The lowest BCUT2D eigenvalue weighted by atomic mass is 9.85. The number of para-hydroxylation sites is 2. The van der Waals surface area contributed by atoms with Crippen molar-refractivity contribution in [2.24, 2.45) is 23.7 Å². The van der Waals surface area contributed by atoms with Gasteiger partial charge in [0.25, 0.3) is 29.1 Å². The molecular formula is C23H18N4O7. The molecule has 0 unspecified atom stereocenters. The third-order valence-electron chi connectivity index (χ3n) is 6.76. The summed E-state index contributed by atoms with van der Waals surface area (Å²) in [7, 11) is 0. The Labute approximate surface area is 192 Å². The van der Waals surface area contributed by atoms with Gasteiger partial charge in [-0.15, -0.1) is 0 Å². The number of fused-ring (bicyclic) bond motifs is 5. The summed E-state index contributed by atoms with van der Waals surface area (Å²) in [6.07, 6.45) is 4.48. The number of carbonyl (C=O) groups excluding carboxylic acids is 3. The summed E-state index contributed by atoms with van der Waals surface area (Å²) in [5, 5.41) is 24.7. The summed E-state index contributed by atoms with van der Waals surface area (Å²) in [5.41, 5.74) is -1.05. The topological polar surface area (TPSA) is 144 Å². The van der Waals surface area contributed by atoms with E-state index in [-0.39, 0.29) is 28.7 Å². The van der Waals surface area contributed by atoms with Crippen LogP contribution in [-0.2, 0) is 16.1 Å². The van der Waals surface area contributed by atoms with E-state index in [1.54, 1.807) is 0 Å². The van der Waals surface area contributed by atoms with Crippen molar-refractivity contribution in [1.29, 1.82) is 0 Å². The summed E-state index contributed by atoms with van der Waals surface area (Å²) in [4.78, 5) is 62.2. The van der Waals surface area contributed by atoms with Crippen molar-refractivity contribution >= 4 is 29.1 Å². The standard InChI is InChI=1S/C23H18N4O7/c28-21(16-6-2-4-8-18(16)27(33)34)24(12-15-5-1-3-7-17(15)26(31)32)25-22(29)19-13-9-10-14(11-13)20(19)23(25)30/h1-10,13-14,19-20H,11-12H2/t13-,14-,19-,20+/m0/s1. The number of imide groups is 1. The largest absolute Gasteiger partial charge is 0.282 e. The molecule has 1 heterocycles. The molecule has 2 aliphatic carbocycles. The van der Waals surface area contributed by atoms with Gasteiger partial charge in [0.1, 0.15) is 5.56 Å². The second-order valence-corrected chi connectivity index (χ2v) is 8.51. The summed E-state index contributed by atoms with van der Waals surface area (Å²) in [6, 6.07) is 10.8. The molecule has 0 radical (unpaired) electrons. The highest BCUT2D eigenvalue weighted by atomic mass is 16.6. The quantitative estimate of drug-likeness (QED) is 0.278. The highest BCUT2D eigenvalue weighted by Crippen LogP contribution is 2.53. The van der Waals surface area contributed by atoms with Crippen LogP contribution in [0.1, 0.15) is 22.3 Å². The fourth-order valence-corrected chi connectivity index (χ4v) is 5.29. The van der Waals surface area contributed by atoms with Crippen molar-refractivity contribution in [1.82, 2.24) is 10.0 Å². The number of benzene rings is 2. The molecule has 2 aromatic carbocycles. The van der Waals surface area contributed by atoms with Gasteiger partial charge in [-0.1, -0.05) is 42.5 Å². The molecule has 0 N–H and O–H groups in total. The molecule has 0 aromatic heterocycles. The Morgan fingerprint density at radius 1 is 0.882 bits per heavy atom. The van der Waals surface area contributed by atoms with Crippen LogP contribution in [0.4, 0.5) is 11.4 Å². The van der Waals surface area contributed by atoms with Crippen LogP contribution in [0.15, 0.2) is 60.7 Å². The average Bonchev–Trinajstić information content (AvgIpc) is 3.51. The lowest BCUT2D eigenvalue weighted by Crippen LogP contribution is -2.50. The zero-order chi connectivity index (χ0) is 24.1. The van der Waals surface area contributed by atoms with E-state index in [9.17, 15) is 34.6 Å². The van der Waals surface area contributed by atoms with E-state index < -0.39 is 51.6 Å². The fourth-order valence-electron chi connectivity index (χ4n) is 5.29. The molecule has 2 fully saturated rings. The molecule has 4 atom stereocenters. The highest BCUT2D eigenvalue weighted by molar-refractivity contribution is 6.09. The van der Waals surface area contributed by atoms with Gasteiger partial charge in [-0.05, 0) is 24.3 Å². The first-order chi connectivity index (χ1) is 16.3. The first kappa shape index (κ1) is 21.4. The van der Waals surface area contributed by atoms with Crippen LogP contribution in [-0.4, -0.2) is 37.6 Å². The zero-order valence-electron chi connectivity index (χ0n) is 17.6. The summed E-state index contributed by atoms with van der Waals surface area (Å²) in [6.45, 7) is -0.484. The van der Waals surface area contributed by atoms with Crippen molar-refractivity contribution < 1.29 is 24.2 Å². The molecule has 1 saturated heterocycles. The highest BCUT2D eigenvalue weighted by Gasteiger charge is 2.61. The number of allylic oxidation sites excluding steroid dienone is 2. The summed E-state index contributed by atoms with van der Waals surface area (Å²) in [5.74, 6) is -3.58. The minimum atomic E-state index is -0.965. The van der Waals surface area contributed by atoms with Crippen molar-refractivity contribution in [3.63, 3.8) is 0 Å². The maximum atomic E-state index is 13.6. The molecule has 172 valence electrons. The van der Waals surface area contributed by atoms with Crippen molar-refractivity contribution in [2.45, 2.75) is 13.0 Å². The van der Waals surface area contributed by atoms with Crippen LogP contribution in [0.5, 0.6) is 0 Å². The van der Waals surface area contributed by atoms with Gasteiger partial charge in [0.05, 0.1) is 33.8 Å². The van der Waals surface area contributed by atoms with E-state index in [0.29, 0.717) is 6.42 Å². The zero-order valence-corrected chi connectivity index (χ0v) is 17.6. The molecule has 1 aliphatic heterocycles. The van der Waals surface area contributed by atoms with E-state index in [2.05, 4.69) is 0 Å². The van der Waals surface area contributed by atoms with Gasteiger partial charge in [-0.2, -0.15) is 5.01 Å². The van der Waals surface area contributed by atoms with Crippen LogP contribution < -0.4 is 0 Å². The molecule has 2 aromatic rings. The van der Waals surface area contributed by atoms with Crippen LogP contribution >= 0.6 is 0 Å². The number of nitro groups is 2. The lowest BCUT2D eigenvalue weighted by Gasteiger charge is -2.31. The molecular weight excluding hydrogens is 444 g/mol. The van der Waals surface area contributed by atoms with Gasteiger partial charge >= 0.3 is 0 Å². The second-order valence-electron chi connectivity index (χ2n) is 8.51. The molecule has 2 bridgehead atoms. The minimum absolute atomic E-state index is 0.0817. The van der Waals surface area contributed by atoms with E-state index in [1.165, 1.54) is 42.5 Å². The molecule has 1 saturated carbocycles. The number of hydrazine groups is 1. The second kappa shape index (κ2) is 7.87. The van der Waals surface area contributed by atoms with Gasteiger partial charge in [0.2, 0.25) is 0 Å².